The first kappa shape index (κ1) is 23.9. The number of carbonyl (C=O) groups is 2. The Kier molecular flexibility index (Phi) is 7.06. The molecule has 7 heteroatoms. The van der Waals surface area contributed by atoms with Crippen molar-refractivity contribution < 1.29 is 14.0 Å². The molecule has 35 heavy (non-hydrogen) atoms. The molecule has 0 aliphatic rings. The van der Waals surface area contributed by atoms with Gasteiger partial charge in [-0.05, 0) is 57.2 Å². The molecule has 0 atom stereocenters. The predicted molar refractivity (Wildman–Crippen MR) is 135 cm³/mol. The van der Waals surface area contributed by atoms with E-state index < -0.39 is 5.82 Å². The van der Waals surface area contributed by atoms with E-state index in [0.29, 0.717) is 18.1 Å². The summed E-state index contributed by atoms with van der Waals surface area (Å²) in [5.41, 5.74) is 5.09. The van der Waals surface area contributed by atoms with Crippen molar-refractivity contribution in [2.45, 2.75) is 20.8 Å². The maximum Gasteiger partial charge on any atom is 0.254 e. The van der Waals surface area contributed by atoms with Crippen LogP contribution in [0.2, 0.25) is 0 Å². The number of aromatic nitrogens is 2. The van der Waals surface area contributed by atoms with E-state index in [1.165, 1.54) is 29.2 Å². The summed E-state index contributed by atoms with van der Waals surface area (Å²) in [5.74, 6) is -0.782. The third kappa shape index (κ3) is 5.63. The summed E-state index contributed by atoms with van der Waals surface area (Å²) in [5, 5.41) is 2.86. The molecule has 4 aromatic rings. The summed E-state index contributed by atoms with van der Waals surface area (Å²) in [6.45, 7) is 5.98. The molecule has 3 aromatic carbocycles. The summed E-state index contributed by atoms with van der Waals surface area (Å²) in [6, 6.07) is 21.2. The first-order valence-electron chi connectivity index (χ1n) is 11.4. The zero-order valence-corrected chi connectivity index (χ0v) is 20.0. The second-order valence-corrected chi connectivity index (χ2v) is 8.40. The van der Waals surface area contributed by atoms with Gasteiger partial charge in [0.25, 0.3) is 5.91 Å². The minimum atomic E-state index is -0.422. The largest absolute Gasteiger partial charge is 0.330 e. The third-order valence-corrected chi connectivity index (χ3v) is 5.71. The number of anilines is 1. The zero-order valence-electron chi connectivity index (χ0n) is 20.0. The minimum absolute atomic E-state index is 0.159. The van der Waals surface area contributed by atoms with Gasteiger partial charge in [0, 0.05) is 29.6 Å². The highest BCUT2D eigenvalue weighted by Gasteiger charge is 2.20. The van der Waals surface area contributed by atoms with Crippen LogP contribution in [0, 0.1) is 19.7 Å². The van der Waals surface area contributed by atoms with Gasteiger partial charge in [-0.2, -0.15) is 0 Å². The minimum Gasteiger partial charge on any atom is -0.330 e. The Morgan fingerprint density at radius 1 is 0.914 bits per heavy atom. The van der Waals surface area contributed by atoms with E-state index in [4.69, 9.17) is 0 Å². The number of nitrogens with one attached hydrogen (secondary N) is 1. The van der Waals surface area contributed by atoms with Crippen LogP contribution in [0.4, 0.5) is 10.3 Å². The quantitative estimate of drug-likeness (QED) is 0.394. The van der Waals surface area contributed by atoms with Crippen molar-refractivity contribution in [3.63, 3.8) is 0 Å². The lowest BCUT2D eigenvalue weighted by molar-refractivity contribution is -0.116. The number of hydrogen-bond acceptors (Lipinski definition) is 3. The second kappa shape index (κ2) is 10.3. The lowest BCUT2D eigenvalue weighted by atomic mass is 10.1. The van der Waals surface area contributed by atoms with E-state index in [1.54, 1.807) is 6.92 Å². The van der Waals surface area contributed by atoms with Gasteiger partial charge < -0.3 is 4.90 Å². The van der Waals surface area contributed by atoms with Crippen molar-refractivity contribution in [2.75, 3.05) is 18.4 Å². The van der Waals surface area contributed by atoms with Crippen molar-refractivity contribution in [1.82, 2.24) is 14.5 Å². The van der Waals surface area contributed by atoms with Crippen molar-refractivity contribution in [3.05, 3.63) is 102 Å². The molecule has 0 bridgehead atoms. The molecule has 0 radical (unpaired) electrons. The van der Waals surface area contributed by atoms with Crippen molar-refractivity contribution in [3.8, 4) is 16.9 Å². The molecule has 2 amide bonds. The van der Waals surface area contributed by atoms with Crippen molar-refractivity contribution >= 4 is 17.8 Å². The van der Waals surface area contributed by atoms with Crippen LogP contribution in [0.25, 0.3) is 16.9 Å². The Morgan fingerprint density at radius 2 is 1.51 bits per heavy atom. The molecule has 0 fully saturated rings. The summed E-state index contributed by atoms with van der Waals surface area (Å²) < 4.78 is 15.1. The fourth-order valence-electron chi connectivity index (χ4n) is 3.67. The number of likely N-dealkylation sites (N-methyl/N-ethyl adjacent to an activating group) is 1. The molecule has 178 valence electrons. The number of imidazole rings is 1. The molecule has 0 unspecified atom stereocenters. The smallest absolute Gasteiger partial charge is 0.254 e. The fourth-order valence-corrected chi connectivity index (χ4v) is 3.67. The highest BCUT2D eigenvalue weighted by atomic mass is 19.1. The van der Waals surface area contributed by atoms with Gasteiger partial charge in [-0.25, -0.2) is 9.37 Å². The first-order chi connectivity index (χ1) is 16.8. The van der Waals surface area contributed by atoms with Gasteiger partial charge in [-0.3, -0.25) is 19.5 Å². The summed E-state index contributed by atoms with van der Waals surface area (Å²) in [4.78, 5) is 31.9. The molecule has 0 aliphatic heterocycles. The Morgan fingerprint density at radius 3 is 2.11 bits per heavy atom. The van der Waals surface area contributed by atoms with Crippen molar-refractivity contribution in [1.29, 1.82) is 0 Å². The van der Waals surface area contributed by atoms with E-state index >= 15 is 0 Å². The standard InChI is InChI=1S/C28H27FN4O2/c1-4-32(27(35)22-11-13-23(29)14-12-22)18-26(34)31-28-30-25(21-9-5-19(2)6-10-21)17-33(28)24-15-7-20(3)8-16-24/h5-17H,4,18H2,1-3H3,(H,30,31,34). The predicted octanol–water partition coefficient (Wildman–Crippen LogP) is 5.40. The van der Waals surface area contributed by atoms with Crippen LogP contribution in [-0.2, 0) is 4.79 Å². The van der Waals surface area contributed by atoms with E-state index in [2.05, 4.69) is 10.3 Å². The summed E-state index contributed by atoms with van der Waals surface area (Å²) in [7, 11) is 0. The van der Waals surface area contributed by atoms with Crippen LogP contribution in [0.5, 0.6) is 0 Å². The Balaban J connectivity index is 1.59. The summed E-state index contributed by atoms with van der Waals surface area (Å²) >= 11 is 0. The number of benzene rings is 3. The highest BCUT2D eigenvalue weighted by molar-refractivity contribution is 5.99. The monoisotopic (exact) mass is 470 g/mol. The molecule has 0 saturated heterocycles. The molecule has 0 spiro atoms. The lowest BCUT2D eigenvalue weighted by Crippen LogP contribution is -2.38. The van der Waals surface area contributed by atoms with Crippen LogP contribution in [0.3, 0.4) is 0 Å². The maximum absolute atomic E-state index is 13.2. The van der Waals surface area contributed by atoms with Gasteiger partial charge in [0.15, 0.2) is 0 Å². The topological polar surface area (TPSA) is 67.2 Å². The Hall–Kier alpha value is -4.26. The van der Waals surface area contributed by atoms with Gasteiger partial charge in [-0.15, -0.1) is 0 Å². The average Bonchev–Trinajstić information content (AvgIpc) is 3.27. The van der Waals surface area contributed by atoms with Crippen LogP contribution in [0.1, 0.15) is 28.4 Å². The van der Waals surface area contributed by atoms with Gasteiger partial charge >= 0.3 is 0 Å². The van der Waals surface area contributed by atoms with Crippen LogP contribution >= 0.6 is 0 Å². The molecule has 1 aromatic heterocycles. The molecule has 6 nitrogen and oxygen atoms in total. The normalized spacial score (nSPS) is 10.7. The number of halogens is 1. The van der Waals surface area contributed by atoms with Gasteiger partial charge in [0.05, 0.1) is 5.69 Å². The summed E-state index contributed by atoms with van der Waals surface area (Å²) in [6.07, 6.45) is 1.88. The molecule has 0 saturated carbocycles. The fraction of sp³-hybridized carbons (Fsp3) is 0.179. The lowest BCUT2D eigenvalue weighted by Gasteiger charge is -2.20. The molecule has 0 aliphatic carbocycles. The highest BCUT2D eigenvalue weighted by Crippen LogP contribution is 2.25. The van der Waals surface area contributed by atoms with Crippen LogP contribution in [-0.4, -0.2) is 39.4 Å². The molecule has 4 rings (SSSR count). The molecular weight excluding hydrogens is 443 g/mol. The number of hydrogen-bond donors (Lipinski definition) is 1. The molecular formula is C28H27FN4O2. The molecule has 1 heterocycles. The SMILES string of the molecule is CCN(CC(=O)Nc1nc(-c2ccc(C)cc2)cn1-c1ccc(C)cc1)C(=O)c1ccc(F)cc1. The molecule has 1 N–H and O–H groups in total. The van der Waals surface area contributed by atoms with E-state index in [0.717, 1.165) is 28.1 Å². The number of nitrogens with zero attached hydrogens (tertiary/aromatic N) is 3. The Bertz CT molecular complexity index is 1330. The van der Waals surface area contributed by atoms with Gasteiger partial charge in [-0.1, -0.05) is 47.5 Å². The van der Waals surface area contributed by atoms with Crippen LogP contribution < -0.4 is 5.32 Å². The van der Waals surface area contributed by atoms with E-state index in [-0.39, 0.29) is 18.4 Å². The third-order valence-electron chi connectivity index (χ3n) is 5.71. The zero-order chi connectivity index (χ0) is 24.9. The number of amides is 2. The van der Waals surface area contributed by atoms with E-state index in [9.17, 15) is 14.0 Å². The first-order valence-corrected chi connectivity index (χ1v) is 11.4. The van der Waals surface area contributed by atoms with Crippen molar-refractivity contribution in [2.24, 2.45) is 0 Å². The average molecular weight is 471 g/mol. The number of aryl methyl sites for hydroxylation is 2. The maximum atomic E-state index is 13.2. The van der Waals surface area contributed by atoms with Gasteiger partial charge in [0.1, 0.15) is 12.4 Å². The van der Waals surface area contributed by atoms with Gasteiger partial charge in [0.2, 0.25) is 11.9 Å². The van der Waals surface area contributed by atoms with E-state index in [1.807, 2.05) is 73.1 Å². The number of carbonyl (C=O) groups excluding carboxylic acids is 2. The Labute approximate surface area is 204 Å². The number of rotatable bonds is 7. The van der Waals surface area contributed by atoms with Crippen LogP contribution in [0.15, 0.2) is 79.0 Å². The second-order valence-electron chi connectivity index (χ2n) is 8.40.